The molecule has 0 spiro atoms. The molecule has 0 radical (unpaired) electrons. The standard InChI is InChI=1S/C9H14N4/c1-13(2)8-11-5-7(6-12-8)9(10)3-4-9/h5-6H,3-4,10H2,1-2H3. The molecule has 0 bridgehead atoms. The van der Waals surface area contributed by atoms with Crippen LogP contribution in [0.3, 0.4) is 0 Å². The third kappa shape index (κ3) is 1.49. The topological polar surface area (TPSA) is 55.0 Å². The van der Waals surface area contributed by atoms with Crippen LogP contribution in [-0.2, 0) is 5.54 Å². The number of anilines is 1. The van der Waals surface area contributed by atoms with E-state index in [0.717, 1.165) is 24.4 Å². The Bertz CT molecular complexity index is 300. The van der Waals surface area contributed by atoms with Crippen molar-refractivity contribution in [3.05, 3.63) is 18.0 Å². The van der Waals surface area contributed by atoms with E-state index in [9.17, 15) is 0 Å². The van der Waals surface area contributed by atoms with Gasteiger partial charge in [0.05, 0.1) is 0 Å². The molecule has 1 saturated carbocycles. The van der Waals surface area contributed by atoms with Gasteiger partial charge in [-0.1, -0.05) is 0 Å². The van der Waals surface area contributed by atoms with Gasteiger partial charge >= 0.3 is 0 Å². The Morgan fingerprint density at radius 1 is 1.31 bits per heavy atom. The van der Waals surface area contributed by atoms with Gasteiger partial charge in [-0.05, 0) is 12.8 Å². The highest BCUT2D eigenvalue weighted by atomic mass is 15.2. The fourth-order valence-electron chi connectivity index (χ4n) is 1.23. The van der Waals surface area contributed by atoms with Crippen molar-refractivity contribution >= 4 is 5.95 Å². The molecule has 0 aromatic carbocycles. The zero-order valence-corrected chi connectivity index (χ0v) is 7.99. The van der Waals surface area contributed by atoms with Crippen LogP contribution in [0.15, 0.2) is 12.4 Å². The van der Waals surface area contributed by atoms with E-state index in [1.165, 1.54) is 0 Å². The van der Waals surface area contributed by atoms with Crippen molar-refractivity contribution < 1.29 is 0 Å². The van der Waals surface area contributed by atoms with Crippen LogP contribution < -0.4 is 10.6 Å². The zero-order chi connectivity index (χ0) is 9.47. The first-order valence-electron chi connectivity index (χ1n) is 4.40. The molecule has 70 valence electrons. The van der Waals surface area contributed by atoms with E-state index in [-0.39, 0.29) is 5.54 Å². The lowest BCUT2D eigenvalue weighted by atomic mass is 10.1. The van der Waals surface area contributed by atoms with Crippen LogP contribution in [0.1, 0.15) is 18.4 Å². The second-order valence-corrected chi connectivity index (χ2v) is 3.82. The van der Waals surface area contributed by atoms with Gasteiger partial charge in [0.25, 0.3) is 0 Å². The quantitative estimate of drug-likeness (QED) is 0.716. The predicted molar refractivity (Wildman–Crippen MR) is 51.5 cm³/mol. The summed E-state index contributed by atoms with van der Waals surface area (Å²) in [4.78, 5) is 10.3. The average Bonchev–Trinajstić information content (AvgIpc) is 2.85. The van der Waals surface area contributed by atoms with Crippen LogP contribution in [0.5, 0.6) is 0 Å². The highest BCUT2D eigenvalue weighted by Gasteiger charge is 2.40. The van der Waals surface area contributed by atoms with E-state index in [1.54, 1.807) is 0 Å². The molecular weight excluding hydrogens is 164 g/mol. The summed E-state index contributed by atoms with van der Waals surface area (Å²) in [5.74, 6) is 0.730. The molecule has 4 nitrogen and oxygen atoms in total. The lowest BCUT2D eigenvalue weighted by Crippen LogP contribution is -2.20. The Labute approximate surface area is 77.8 Å². The van der Waals surface area contributed by atoms with E-state index < -0.39 is 0 Å². The van der Waals surface area contributed by atoms with Gasteiger partial charge in [-0.3, -0.25) is 0 Å². The van der Waals surface area contributed by atoms with Crippen molar-refractivity contribution in [3.8, 4) is 0 Å². The highest BCUT2D eigenvalue weighted by molar-refractivity contribution is 5.31. The third-order valence-electron chi connectivity index (χ3n) is 2.40. The summed E-state index contributed by atoms with van der Waals surface area (Å²) in [6, 6.07) is 0. The van der Waals surface area contributed by atoms with Gasteiger partial charge in [-0.2, -0.15) is 0 Å². The van der Waals surface area contributed by atoms with Crippen molar-refractivity contribution in [2.24, 2.45) is 5.73 Å². The summed E-state index contributed by atoms with van der Waals surface area (Å²) in [6.07, 6.45) is 5.76. The largest absolute Gasteiger partial charge is 0.347 e. The molecule has 1 aliphatic carbocycles. The minimum absolute atomic E-state index is 0.120. The van der Waals surface area contributed by atoms with E-state index in [0.29, 0.717) is 0 Å². The number of nitrogens with two attached hydrogens (primary N) is 1. The number of hydrogen-bond acceptors (Lipinski definition) is 4. The molecule has 1 aromatic rings. The molecule has 0 aliphatic heterocycles. The summed E-state index contributed by atoms with van der Waals surface area (Å²) in [5, 5.41) is 0. The average molecular weight is 178 g/mol. The first kappa shape index (κ1) is 8.44. The van der Waals surface area contributed by atoms with Gasteiger partial charge in [-0.25, -0.2) is 9.97 Å². The summed E-state index contributed by atoms with van der Waals surface area (Å²) in [5.41, 5.74) is 6.93. The van der Waals surface area contributed by atoms with E-state index in [1.807, 2.05) is 31.4 Å². The molecule has 2 N–H and O–H groups in total. The Kier molecular flexibility index (Phi) is 1.73. The summed E-state index contributed by atoms with van der Waals surface area (Å²) in [6.45, 7) is 0. The molecule has 13 heavy (non-hydrogen) atoms. The molecule has 1 aliphatic rings. The summed E-state index contributed by atoms with van der Waals surface area (Å²) >= 11 is 0. The lowest BCUT2D eigenvalue weighted by molar-refractivity contribution is 0.727. The second-order valence-electron chi connectivity index (χ2n) is 3.82. The van der Waals surface area contributed by atoms with Gasteiger partial charge in [-0.15, -0.1) is 0 Å². The summed E-state index contributed by atoms with van der Waals surface area (Å²) in [7, 11) is 3.84. The zero-order valence-electron chi connectivity index (χ0n) is 7.99. The fraction of sp³-hybridized carbons (Fsp3) is 0.556. The number of rotatable bonds is 2. The predicted octanol–water partition coefficient (Wildman–Crippen LogP) is 0.490. The molecular formula is C9H14N4. The van der Waals surface area contributed by atoms with E-state index >= 15 is 0 Å². The van der Waals surface area contributed by atoms with Crippen molar-refractivity contribution in [2.75, 3.05) is 19.0 Å². The van der Waals surface area contributed by atoms with Crippen molar-refractivity contribution in [3.63, 3.8) is 0 Å². The molecule has 1 fully saturated rings. The maximum absolute atomic E-state index is 6.00. The lowest BCUT2D eigenvalue weighted by Gasteiger charge is -2.12. The Hall–Kier alpha value is -1.16. The van der Waals surface area contributed by atoms with E-state index in [2.05, 4.69) is 9.97 Å². The fourth-order valence-corrected chi connectivity index (χ4v) is 1.23. The van der Waals surface area contributed by atoms with Crippen LogP contribution in [0.4, 0.5) is 5.95 Å². The van der Waals surface area contributed by atoms with Crippen LogP contribution in [0.25, 0.3) is 0 Å². The first-order chi connectivity index (χ1) is 6.12. The molecule has 1 heterocycles. The van der Waals surface area contributed by atoms with Gasteiger partial charge in [0.15, 0.2) is 0 Å². The molecule has 0 saturated heterocycles. The smallest absolute Gasteiger partial charge is 0.224 e. The van der Waals surface area contributed by atoms with Gasteiger partial charge < -0.3 is 10.6 Å². The van der Waals surface area contributed by atoms with Gasteiger partial charge in [0.2, 0.25) is 5.95 Å². The molecule has 0 atom stereocenters. The van der Waals surface area contributed by atoms with Crippen molar-refractivity contribution in [2.45, 2.75) is 18.4 Å². The Balaban J connectivity index is 2.24. The highest BCUT2D eigenvalue weighted by Crippen LogP contribution is 2.41. The summed E-state index contributed by atoms with van der Waals surface area (Å²) < 4.78 is 0. The van der Waals surface area contributed by atoms with Crippen LogP contribution in [-0.4, -0.2) is 24.1 Å². The monoisotopic (exact) mass is 178 g/mol. The molecule has 0 unspecified atom stereocenters. The normalized spacial score (nSPS) is 18.4. The van der Waals surface area contributed by atoms with Gasteiger partial charge in [0, 0.05) is 37.6 Å². The van der Waals surface area contributed by atoms with Crippen LogP contribution in [0, 0.1) is 0 Å². The van der Waals surface area contributed by atoms with Crippen LogP contribution >= 0.6 is 0 Å². The molecule has 4 heteroatoms. The minimum Gasteiger partial charge on any atom is -0.347 e. The minimum atomic E-state index is -0.120. The number of hydrogen-bond donors (Lipinski definition) is 1. The van der Waals surface area contributed by atoms with Crippen LogP contribution in [0.2, 0.25) is 0 Å². The first-order valence-corrected chi connectivity index (χ1v) is 4.40. The van der Waals surface area contributed by atoms with E-state index in [4.69, 9.17) is 5.73 Å². The maximum Gasteiger partial charge on any atom is 0.224 e. The maximum atomic E-state index is 6.00. The Morgan fingerprint density at radius 3 is 2.23 bits per heavy atom. The second kappa shape index (κ2) is 2.67. The van der Waals surface area contributed by atoms with Crippen molar-refractivity contribution in [1.29, 1.82) is 0 Å². The molecule has 1 aromatic heterocycles. The SMILES string of the molecule is CN(C)c1ncc(C2(N)CC2)cn1. The van der Waals surface area contributed by atoms with Crippen molar-refractivity contribution in [1.82, 2.24) is 9.97 Å². The Morgan fingerprint density at radius 2 is 1.85 bits per heavy atom. The molecule has 2 rings (SSSR count). The van der Waals surface area contributed by atoms with Gasteiger partial charge in [0.1, 0.15) is 0 Å². The molecule has 0 amide bonds. The number of aromatic nitrogens is 2. The third-order valence-corrected chi connectivity index (χ3v) is 2.40. The number of nitrogens with zero attached hydrogens (tertiary/aromatic N) is 3.